The number of aryl methyl sites for hydroxylation is 2. The lowest BCUT2D eigenvalue weighted by atomic mass is 10.0. The van der Waals surface area contributed by atoms with E-state index >= 15 is 0 Å². The summed E-state index contributed by atoms with van der Waals surface area (Å²) < 4.78 is 23.8. The van der Waals surface area contributed by atoms with Crippen molar-refractivity contribution < 1.29 is 18.6 Å². The van der Waals surface area contributed by atoms with Gasteiger partial charge in [0.25, 0.3) is 5.91 Å². The molecule has 0 unspecified atom stereocenters. The Balaban J connectivity index is 1.75. The summed E-state index contributed by atoms with van der Waals surface area (Å²) in [5.41, 5.74) is 3.41. The van der Waals surface area contributed by atoms with Crippen LogP contribution in [0.25, 0.3) is 11.3 Å². The first-order valence-electron chi connectivity index (χ1n) is 8.08. The van der Waals surface area contributed by atoms with Crippen LogP contribution in [0.4, 0.5) is 10.2 Å². The molecule has 6 nitrogen and oxygen atoms in total. The third kappa shape index (κ3) is 3.72. The van der Waals surface area contributed by atoms with E-state index in [-0.39, 0.29) is 11.6 Å². The molecule has 2 aromatic carbocycles. The highest BCUT2D eigenvalue weighted by atomic mass is 19.1. The number of hydrogen-bond donors (Lipinski definition) is 1. The molecule has 3 aromatic rings. The van der Waals surface area contributed by atoms with E-state index in [4.69, 9.17) is 9.37 Å². The largest absolute Gasteiger partial charge is 0.478 e. The van der Waals surface area contributed by atoms with Crippen LogP contribution in [0.3, 0.4) is 0 Å². The normalized spacial score (nSPS) is 11.8. The van der Waals surface area contributed by atoms with Crippen molar-refractivity contribution in [3.05, 3.63) is 59.4 Å². The Morgan fingerprint density at radius 3 is 2.65 bits per heavy atom. The number of halogens is 1. The van der Waals surface area contributed by atoms with Crippen LogP contribution >= 0.6 is 0 Å². The molecule has 0 bridgehead atoms. The summed E-state index contributed by atoms with van der Waals surface area (Å²) in [5, 5.41) is 10.2. The molecule has 1 N–H and O–H groups in total. The van der Waals surface area contributed by atoms with Crippen LogP contribution in [0.1, 0.15) is 18.1 Å². The average Bonchev–Trinajstić information content (AvgIpc) is 3.07. The van der Waals surface area contributed by atoms with Crippen molar-refractivity contribution in [1.29, 1.82) is 0 Å². The summed E-state index contributed by atoms with van der Waals surface area (Å²) >= 11 is 0. The van der Waals surface area contributed by atoms with E-state index in [1.165, 1.54) is 19.1 Å². The number of ether oxygens (including phenoxy) is 1. The second kappa shape index (κ2) is 7.35. The first kappa shape index (κ1) is 17.6. The van der Waals surface area contributed by atoms with Crippen molar-refractivity contribution in [2.45, 2.75) is 26.9 Å². The fraction of sp³-hybridized carbons (Fsp3) is 0.211. The van der Waals surface area contributed by atoms with Gasteiger partial charge in [-0.3, -0.25) is 4.79 Å². The fourth-order valence-corrected chi connectivity index (χ4v) is 2.35. The monoisotopic (exact) mass is 355 g/mol. The number of rotatable bonds is 5. The second-order valence-electron chi connectivity index (χ2n) is 5.94. The summed E-state index contributed by atoms with van der Waals surface area (Å²) in [7, 11) is 0. The zero-order valence-electron chi connectivity index (χ0n) is 14.6. The zero-order valence-corrected chi connectivity index (χ0v) is 14.6. The lowest BCUT2D eigenvalue weighted by Gasteiger charge is -2.14. The molecule has 0 saturated heterocycles. The van der Waals surface area contributed by atoms with E-state index in [0.717, 1.165) is 16.7 Å². The van der Waals surface area contributed by atoms with Crippen molar-refractivity contribution in [3.8, 4) is 17.0 Å². The van der Waals surface area contributed by atoms with Crippen LogP contribution in [-0.2, 0) is 4.79 Å². The van der Waals surface area contributed by atoms with Crippen molar-refractivity contribution in [2.24, 2.45) is 0 Å². The number of nitrogens with zero attached hydrogens (tertiary/aromatic N) is 2. The lowest BCUT2D eigenvalue weighted by Crippen LogP contribution is -2.30. The Hall–Kier alpha value is -3.22. The van der Waals surface area contributed by atoms with Gasteiger partial charge in [-0.2, -0.15) is 0 Å². The summed E-state index contributed by atoms with van der Waals surface area (Å²) in [6, 6.07) is 11.7. The number of hydrogen-bond acceptors (Lipinski definition) is 5. The predicted octanol–water partition coefficient (Wildman–Crippen LogP) is 3.90. The maximum Gasteiger partial charge on any atom is 0.266 e. The third-order valence-electron chi connectivity index (χ3n) is 4.02. The van der Waals surface area contributed by atoms with Gasteiger partial charge in [0.1, 0.15) is 0 Å². The van der Waals surface area contributed by atoms with Gasteiger partial charge in [-0.05, 0) is 60.4 Å². The van der Waals surface area contributed by atoms with Gasteiger partial charge < -0.3 is 10.1 Å². The number of para-hydroxylation sites is 1. The summed E-state index contributed by atoms with van der Waals surface area (Å²) in [5.74, 6) is -0.842. The molecule has 0 aliphatic carbocycles. The fourth-order valence-electron chi connectivity index (χ4n) is 2.35. The SMILES string of the molecule is Cc1ccc(-c2nonc2NC(=O)[C@H](C)Oc2ccccc2F)cc1C. The number of nitrogens with one attached hydrogen (secondary N) is 1. The third-order valence-corrected chi connectivity index (χ3v) is 4.02. The molecular weight excluding hydrogens is 337 g/mol. The van der Waals surface area contributed by atoms with Gasteiger partial charge in [-0.15, -0.1) is 0 Å². The Morgan fingerprint density at radius 2 is 1.92 bits per heavy atom. The standard InChI is InChI=1S/C19H18FN3O3/c1-11-8-9-14(10-12(11)2)17-18(23-26-22-17)21-19(24)13(3)25-16-7-5-4-6-15(16)20/h4-10,13H,1-3H3,(H,21,23,24)/t13-/m0/s1. The molecule has 1 aromatic heterocycles. The van der Waals surface area contributed by atoms with E-state index in [9.17, 15) is 9.18 Å². The smallest absolute Gasteiger partial charge is 0.266 e. The molecule has 1 atom stereocenters. The first-order chi connectivity index (χ1) is 12.5. The number of aromatic nitrogens is 2. The predicted molar refractivity (Wildman–Crippen MR) is 94.3 cm³/mol. The van der Waals surface area contributed by atoms with Crippen LogP contribution in [0.5, 0.6) is 5.75 Å². The van der Waals surface area contributed by atoms with Crippen molar-refractivity contribution in [1.82, 2.24) is 10.3 Å². The van der Waals surface area contributed by atoms with Gasteiger partial charge in [0.15, 0.2) is 23.4 Å². The van der Waals surface area contributed by atoms with Crippen molar-refractivity contribution in [3.63, 3.8) is 0 Å². The van der Waals surface area contributed by atoms with Crippen molar-refractivity contribution >= 4 is 11.7 Å². The highest BCUT2D eigenvalue weighted by molar-refractivity contribution is 5.96. The quantitative estimate of drug-likeness (QED) is 0.751. The summed E-state index contributed by atoms with van der Waals surface area (Å²) in [4.78, 5) is 12.4. The van der Waals surface area contributed by atoms with E-state index in [2.05, 4.69) is 15.6 Å². The molecule has 0 aliphatic heterocycles. The molecular formula is C19H18FN3O3. The Bertz CT molecular complexity index is 939. The molecule has 0 radical (unpaired) electrons. The summed E-state index contributed by atoms with van der Waals surface area (Å²) in [6.45, 7) is 5.50. The van der Waals surface area contributed by atoms with E-state index < -0.39 is 17.8 Å². The molecule has 3 rings (SSSR count). The van der Waals surface area contributed by atoms with E-state index in [1.54, 1.807) is 12.1 Å². The number of benzene rings is 2. The van der Waals surface area contributed by atoms with Crippen LogP contribution in [-0.4, -0.2) is 22.3 Å². The van der Waals surface area contributed by atoms with E-state index in [0.29, 0.717) is 5.69 Å². The average molecular weight is 355 g/mol. The van der Waals surface area contributed by atoms with Gasteiger partial charge >= 0.3 is 0 Å². The summed E-state index contributed by atoms with van der Waals surface area (Å²) in [6.07, 6.45) is -0.934. The molecule has 0 aliphatic rings. The molecule has 26 heavy (non-hydrogen) atoms. The first-order valence-corrected chi connectivity index (χ1v) is 8.08. The van der Waals surface area contributed by atoms with Gasteiger partial charge in [0, 0.05) is 5.56 Å². The maximum atomic E-state index is 13.7. The number of carbonyl (C=O) groups excluding carboxylic acids is 1. The minimum absolute atomic E-state index is 0.00260. The van der Waals surface area contributed by atoms with Crippen LogP contribution in [0.2, 0.25) is 0 Å². The van der Waals surface area contributed by atoms with E-state index in [1.807, 2.05) is 32.0 Å². The topological polar surface area (TPSA) is 77.3 Å². The minimum Gasteiger partial charge on any atom is -0.478 e. The van der Waals surface area contributed by atoms with Crippen molar-refractivity contribution in [2.75, 3.05) is 5.32 Å². The minimum atomic E-state index is -0.934. The highest BCUT2D eigenvalue weighted by Crippen LogP contribution is 2.26. The van der Waals surface area contributed by atoms with Gasteiger partial charge in [-0.1, -0.05) is 24.3 Å². The highest BCUT2D eigenvalue weighted by Gasteiger charge is 2.21. The second-order valence-corrected chi connectivity index (χ2v) is 5.94. The van der Waals surface area contributed by atoms with Crippen LogP contribution in [0.15, 0.2) is 47.1 Å². The lowest BCUT2D eigenvalue weighted by molar-refractivity contribution is -0.122. The molecule has 0 spiro atoms. The number of carbonyl (C=O) groups is 1. The molecule has 1 amide bonds. The van der Waals surface area contributed by atoms with Gasteiger partial charge in [-0.25, -0.2) is 9.02 Å². The maximum absolute atomic E-state index is 13.7. The zero-order chi connectivity index (χ0) is 18.7. The molecule has 0 saturated carbocycles. The molecule has 7 heteroatoms. The molecule has 0 fully saturated rings. The number of amides is 1. The molecule has 1 heterocycles. The Kier molecular flexibility index (Phi) is 4.97. The van der Waals surface area contributed by atoms with Gasteiger partial charge in [0.05, 0.1) is 0 Å². The number of anilines is 1. The Labute approximate surface area is 149 Å². The van der Waals surface area contributed by atoms with Crippen LogP contribution in [0, 0.1) is 19.7 Å². The van der Waals surface area contributed by atoms with Gasteiger partial charge in [0.2, 0.25) is 5.82 Å². The molecule has 134 valence electrons. The van der Waals surface area contributed by atoms with Crippen LogP contribution < -0.4 is 10.1 Å². The Morgan fingerprint density at radius 1 is 1.15 bits per heavy atom.